The molecule has 24 heavy (non-hydrogen) atoms. The van der Waals surface area contributed by atoms with Crippen LogP contribution in [-0.4, -0.2) is 22.1 Å². The number of carbonyl (C=O) groups is 2. The molecule has 0 fully saturated rings. The van der Waals surface area contributed by atoms with Crippen LogP contribution in [0.5, 0.6) is 0 Å². The maximum absolute atomic E-state index is 12.1. The van der Waals surface area contributed by atoms with Crippen molar-refractivity contribution in [3.05, 3.63) is 66.5 Å². The highest BCUT2D eigenvalue weighted by atomic mass is 16.5. The first kappa shape index (κ1) is 15.4. The zero-order valence-corrected chi connectivity index (χ0v) is 12.5. The first-order chi connectivity index (χ1) is 11.7. The predicted octanol–water partition coefficient (Wildman–Crippen LogP) is 3.00. The second-order valence-electron chi connectivity index (χ2n) is 5.00. The van der Waals surface area contributed by atoms with Gasteiger partial charge in [0.2, 0.25) is 0 Å². The summed E-state index contributed by atoms with van der Waals surface area (Å²) in [4.78, 5) is 27.4. The van der Waals surface area contributed by atoms with Crippen molar-refractivity contribution < 1.29 is 14.8 Å². The Morgan fingerprint density at radius 2 is 1.75 bits per heavy atom. The lowest BCUT2D eigenvalue weighted by molar-refractivity contribution is 0.0706. The molecule has 4 N–H and O–H groups in total. The fraction of sp³-hybridized carbons (Fsp3) is 0. The topological polar surface area (TPSA) is 103 Å². The Morgan fingerprint density at radius 3 is 2.50 bits per heavy atom. The van der Waals surface area contributed by atoms with Crippen molar-refractivity contribution in [3.63, 3.8) is 0 Å². The van der Waals surface area contributed by atoms with Crippen LogP contribution in [0.1, 0.15) is 10.4 Å². The molecule has 0 aliphatic rings. The number of pyridine rings is 1. The molecule has 0 aliphatic carbocycles. The standard InChI is InChI=1S/C17H14N4O3/c22-16(21-24)11-4-6-13(7-5-11)19-17(23)20-15-3-1-2-12-10-18-9-8-14(12)15/h1-10,24H,(H,21,22)(H2,19,20,23). The number of nitrogens with zero attached hydrogens (tertiary/aromatic N) is 1. The van der Waals surface area contributed by atoms with Gasteiger partial charge < -0.3 is 10.6 Å². The van der Waals surface area contributed by atoms with Crippen LogP contribution in [0.15, 0.2) is 60.9 Å². The number of anilines is 2. The van der Waals surface area contributed by atoms with Gasteiger partial charge in [-0.1, -0.05) is 12.1 Å². The van der Waals surface area contributed by atoms with Gasteiger partial charge in [0.1, 0.15) is 0 Å². The van der Waals surface area contributed by atoms with Crippen molar-refractivity contribution in [2.75, 3.05) is 10.6 Å². The number of nitrogens with one attached hydrogen (secondary N) is 3. The van der Waals surface area contributed by atoms with E-state index in [0.29, 0.717) is 11.4 Å². The molecule has 1 heterocycles. The van der Waals surface area contributed by atoms with E-state index in [2.05, 4.69) is 15.6 Å². The first-order valence-corrected chi connectivity index (χ1v) is 7.12. The first-order valence-electron chi connectivity index (χ1n) is 7.12. The monoisotopic (exact) mass is 322 g/mol. The maximum atomic E-state index is 12.1. The lowest BCUT2D eigenvalue weighted by Crippen LogP contribution is -2.20. The van der Waals surface area contributed by atoms with Crippen LogP contribution >= 0.6 is 0 Å². The number of hydroxylamine groups is 1. The molecule has 120 valence electrons. The summed E-state index contributed by atoms with van der Waals surface area (Å²) in [6, 6.07) is 13.1. The molecule has 3 aromatic rings. The Balaban J connectivity index is 1.72. The van der Waals surface area contributed by atoms with E-state index in [1.165, 1.54) is 12.1 Å². The van der Waals surface area contributed by atoms with Gasteiger partial charge in [-0.15, -0.1) is 0 Å². The molecule has 0 saturated heterocycles. The maximum Gasteiger partial charge on any atom is 0.323 e. The van der Waals surface area contributed by atoms with Gasteiger partial charge in [-0.2, -0.15) is 0 Å². The number of hydrogen-bond donors (Lipinski definition) is 4. The molecule has 0 spiro atoms. The third-order valence-electron chi connectivity index (χ3n) is 3.44. The molecule has 0 bridgehead atoms. The summed E-state index contributed by atoms with van der Waals surface area (Å²) in [7, 11) is 0. The van der Waals surface area contributed by atoms with Gasteiger partial charge in [-0.25, -0.2) is 10.3 Å². The van der Waals surface area contributed by atoms with Crippen molar-refractivity contribution in [3.8, 4) is 0 Å². The molecule has 0 unspecified atom stereocenters. The summed E-state index contributed by atoms with van der Waals surface area (Å²) in [6.07, 6.45) is 3.39. The minimum atomic E-state index is -0.615. The Labute approximate surface area is 137 Å². The van der Waals surface area contributed by atoms with Crippen molar-refractivity contribution in [2.45, 2.75) is 0 Å². The van der Waals surface area contributed by atoms with Crippen LogP contribution < -0.4 is 16.1 Å². The number of urea groups is 1. The van der Waals surface area contributed by atoms with E-state index >= 15 is 0 Å². The molecular formula is C17H14N4O3. The van der Waals surface area contributed by atoms with Crippen molar-refractivity contribution in [2.24, 2.45) is 0 Å². The lowest BCUT2D eigenvalue weighted by Gasteiger charge is -2.10. The molecule has 0 aliphatic heterocycles. The molecule has 3 amide bonds. The predicted molar refractivity (Wildman–Crippen MR) is 90.1 cm³/mol. The number of benzene rings is 2. The Hall–Kier alpha value is -3.45. The zero-order valence-electron chi connectivity index (χ0n) is 12.5. The van der Waals surface area contributed by atoms with E-state index in [1.54, 1.807) is 36.1 Å². The second-order valence-corrected chi connectivity index (χ2v) is 5.00. The van der Waals surface area contributed by atoms with Crippen LogP contribution in [0.2, 0.25) is 0 Å². The molecule has 0 atom stereocenters. The number of hydrogen-bond acceptors (Lipinski definition) is 4. The fourth-order valence-corrected chi connectivity index (χ4v) is 2.29. The average Bonchev–Trinajstić information content (AvgIpc) is 2.62. The van der Waals surface area contributed by atoms with Crippen molar-refractivity contribution in [1.29, 1.82) is 0 Å². The normalized spacial score (nSPS) is 10.2. The summed E-state index contributed by atoms with van der Waals surface area (Å²) in [5, 5.41) is 15.8. The molecule has 2 aromatic carbocycles. The van der Waals surface area contributed by atoms with Crippen molar-refractivity contribution >= 4 is 34.1 Å². The van der Waals surface area contributed by atoms with E-state index < -0.39 is 11.9 Å². The SMILES string of the molecule is O=C(Nc1ccc(C(=O)NO)cc1)Nc1cccc2cnccc12. The highest BCUT2D eigenvalue weighted by Crippen LogP contribution is 2.22. The number of fused-ring (bicyclic) bond motifs is 1. The van der Waals surface area contributed by atoms with Crippen LogP contribution in [0.25, 0.3) is 10.8 Å². The van der Waals surface area contributed by atoms with Gasteiger partial charge in [0.25, 0.3) is 5.91 Å². The molecule has 7 nitrogen and oxygen atoms in total. The largest absolute Gasteiger partial charge is 0.323 e. The molecule has 7 heteroatoms. The van der Waals surface area contributed by atoms with Crippen LogP contribution in [0, 0.1) is 0 Å². The minimum absolute atomic E-state index is 0.282. The number of carbonyl (C=O) groups excluding carboxylic acids is 2. The third-order valence-corrected chi connectivity index (χ3v) is 3.44. The average molecular weight is 322 g/mol. The zero-order chi connectivity index (χ0) is 16.9. The Kier molecular flexibility index (Phi) is 4.35. The summed E-state index contributed by atoms with van der Waals surface area (Å²) >= 11 is 0. The summed E-state index contributed by atoms with van der Waals surface area (Å²) in [5.41, 5.74) is 3.02. The van der Waals surface area contributed by atoms with Crippen LogP contribution in [0.3, 0.4) is 0 Å². The molecule has 1 aromatic heterocycles. The van der Waals surface area contributed by atoms with Gasteiger partial charge in [-0.05, 0) is 36.4 Å². The van der Waals surface area contributed by atoms with E-state index in [9.17, 15) is 9.59 Å². The van der Waals surface area contributed by atoms with Gasteiger partial charge in [0.05, 0.1) is 5.69 Å². The number of amides is 3. The minimum Gasteiger partial charge on any atom is -0.308 e. The van der Waals surface area contributed by atoms with E-state index in [-0.39, 0.29) is 5.56 Å². The third kappa shape index (κ3) is 3.31. The summed E-state index contributed by atoms with van der Waals surface area (Å²) in [6.45, 7) is 0. The lowest BCUT2D eigenvalue weighted by atomic mass is 10.1. The van der Waals surface area contributed by atoms with Gasteiger partial charge >= 0.3 is 6.03 Å². The fourth-order valence-electron chi connectivity index (χ4n) is 2.29. The smallest absolute Gasteiger partial charge is 0.308 e. The molecular weight excluding hydrogens is 308 g/mol. The highest BCUT2D eigenvalue weighted by Gasteiger charge is 2.07. The van der Waals surface area contributed by atoms with Crippen LogP contribution in [-0.2, 0) is 0 Å². The molecule has 3 rings (SSSR count). The molecule has 0 radical (unpaired) electrons. The molecule has 0 saturated carbocycles. The second kappa shape index (κ2) is 6.76. The van der Waals surface area contributed by atoms with Gasteiger partial charge in [-0.3, -0.25) is 15.0 Å². The van der Waals surface area contributed by atoms with E-state index in [1.807, 2.05) is 18.2 Å². The summed E-state index contributed by atoms with van der Waals surface area (Å²) in [5.74, 6) is -0.615. The quantitative estimate of drug-likeness (QED) is 0.439. The van der Waals surface area contributed by atoms with Gasteiger partial charge in [0.15, 0.2) is 0 Å². The Bertz CT molecular complexity index is 888. The van der Waals surface area contributed by atoms with E-state index in [4.69, 9.17) is 5.21 Å². The van der Waals surface area contributed by atoms with E-state index in [0.717, 1.165) is 10.8 Å². The summed E-state index contributed by atoms with van der Waals surface area (Å²) < 4.78 is 0. The van der Waals surface area contributed by atoms with Crippen molar-refractivity contribution in [1.82, 2.24) is 10.5 Å². The number of rotatable bonds is 3. The highest BCUT2D eigenvalue weighted by molar-refractivity contribution is 6.06. The van der Waals surface area contributed by atoms with Gasteiger partial charge in [0, 0.05) is 34.4 Å². The Morgan fingerprint density at radius 1 is 0.958 bits per heavy atom. The number of aromatic nitrogens is 1. The van der Waals surface area contributed by atoms with Crippen LogP contribution in [0.4, 0.5) is 16.2 Å².